The Bertz CT molecular complexity index is 1170. The average Bonchev–Trinajstić information content (AvgIpc) is 3.28. The van der Waals surface area contributed by atoms with Gasteiger partial charge in [0.05, 0.1) is 12.2 Å². The Morgan fingerprint density at radius 1 is 1.03 bits per heavy atom. The molecule has 0 aliphatic carbocycles. The zero-order valence-electron chi connectivity index (χ0n) is 18.0. The minimum Gasteiger partial charge on any atom is -0.448 e. The summed E-state index contributed by atoms with van der Waals surface area (Å²) in [5.41, 5.74) is 1.37. The molecule has 2 heterocycles. The third kappa shape index (κ3) is 6.23. The molecule has 1 aliphatic heterocycles. The first-order valence-electron chi connectivity index (χ1n) is 10.8. The van der Waals surface area contributed by atoms with Crippen LogP contribution in [0.1, 0.15) is 18.4 Å². The van der Waals surface area contributed by atoms with Gasteiger partial charge in [-0.1, -0.05) is 12.1 Å². The van der Waals surface area contributed by atoms with Crippen molar-refractivity contribution in [2.24, 2.45) is 0 Å². The molecule has 0 spiro atoms. The van der Waals surface area contributed by atoms with Crippen molar-refractivity contribution in [2.45, 2.75) is 19.4 Å². The maximum absolute atomic E-state index is 13.6. The molecule has 1 aliphatic rings. The van der Waals surface area contributed by atoms with Crippen molar-refractivity contribution in [3.8, 4) is 11.3 Å². The maximum atomic E-state index is 13.6. The fourth-order valence-corrected chi connectivity index (χ4v) is 3.77. The number of hydrogen-bond acceptors (Lipinski definition) is 5. The van der Waals surface area contributed by atoms with Crippen LogP contribution in [-0.2, 0) is 11.3 Å². The average molecular weight is 454 g/mol. The second-order valence-corrected chi connectivity index (χ2v) is 7.88. The van der Waals surface area contributed by atoms with E-state index in [4.69, 9.17) is 4.74 Å². The van der Waals surface area contributed by atoms with Crippen molar-refractivity contribution in [2.75, 3.05) is 31.6 Å². The maximum Gasteiger partial charge on any atom is 0.411 e. The van der Waals surface area contributed by atoms with Crippen LogP contribution in [0.25, 0.3) is 11.3 Å². The van der Waals surface area contributed by atoms with Gasteiger partial charge in [-0.15, -0.1) is 0 Å². The number of ether oxygens (including phenoxy) is 1. The zero-order valence-corrected chi connectivity index (χ0v) is 18.0. The summed E-state index contributed by atoms with van der Waals surface area (Å²) in [7, 11) is 0. The molecule has 1 saturated heterocycles. The van der Waals surface area contributed by atoms with Crippen LogP contribution in [0.2, 0.25) is 0 Å². The minimum absolute atomic E-state index is 0.115. The Kier molecular flexibility index (Phi) is 7.09. The van der Waals surface area contributed by atoms with Gasteiger partial charge in [-0.25, -0.2) is 18.3 Å². The number of rotatable bonds is 7. The minimum atomic E-state index is -0.726. The largest absolute Gasteiger partial charge is 0.448 e. The summed E-state index contributed by atoms with van der Waals surface area (Å²) in [5.74, 6) is -1.45. The van der Waals surface area contributed by atoms with Crippen LogP contribution in [0.15, 0.2) is 59.4 Å². The number of nitrogens with one attached hydrogen (secondary N) is 1. The van der Waals surface area contributed by atoms with E-state index in [9.17, 15) is 18.4 Å². The van der Waals surface area contributed by atoms with Gasteiger partial charge in [0.1, 0.15) is 18.2 Å². The molecular formula is C24H24F2N4O3. The van der Waals surface area contributed by atoms with Crippen LogP contribution < -0.4 is 10.9 Å². The Hall–Kier alpha value is -3.59. The van der Waals surface area contributed by atoms with Crippen molar-refractivity contribution >= 4 is 11.8 Å². The normalized spacial score (nSPS) is 13.8. The van der Waals surface area contributed by atoms with E-state index in [0.717, 1.165) is 31.3 Å². The predicted molar refractivity (Wildman–Crippen MR) is 120 cm³/mol. The molecule has 0 atom stereocenters. The standard InChI is InChI=1S/C24H24F2N4O3/c25-19-13-18(14-20(26)15-19)22-6-7-23(31)30(28-22)16-17-4-3-5-21(12-17)27-24(32)33-11-10-29-8-1-2-9-29/h3-7,12-15H,1-2,8-11,16H2,(H,27,32). The van der Waals surface area contributed by atoms with Gasteiger partial charge in [-0.2, -0.15) is 5.10 Å². The highest BCUT2D eigenvalue weighted by Crippen LogP contribution is 2.19. The molecule has 172 valence electrons. The molecule has 0 saturated carbocycles. The summed E-state index contributed by atoms with van der Waals surface area (Å²) in [6, 6.07) is 12.8. The summed E-state index contributed by atoms with van der Waals surface area (Å²) < 4.78 is 33.6. The molecular weight excluding hydrogens is 430 g/mol. The number of carbonyl (C=O) groups is 1. The van der Waals surface area contributed by atoms with Crippen LogP contribution in [0, 0.1) is 11.6 Å². The van der Waals surface area contributed by atoms with Crippen molar-refractivity contribution in [3.05, 3.63) is 82.1 Å². The van der Waals surface area contributed by atoms with E-state index in [1.807, 2.05) is 0 Å². The first kappa shape index (κ1) is 22.6. The second-order valence-electron chi connectivity index (χ2n) is 7.88. The van der Waals surface area contributed by atoms with Crippen LogP contribution >= 0.6 is 0 Å². The van der Waals surface area contributed by atoms with Gasteiger partial charge in [-0.3, -0.25) is 15.0 Å². The lowest BCUT2D eigenvalue weighted by molar-refractivity contribution is 0.146. The van der Waals surface area contributed by atoms with E-state index in [1.165, 1.54) is 29.7 Å². The highest BCUT2D eigenvalue weighted by Gasteiger charge is 2.12. The number of amides is 1. The molecule has 1 N–H and O–H groups in total. The summed E-state index contributed by atoms with van der Waals surface area (Å²) in [5, 5.41) is 6.93. The topological polar surface area (TPSA) is 76.5 Å². The van der Waals surface area contributed by atoms with E-state index in [1.54, 1.807) is 24.3 Å². The number of likely N-dealkylation sites (tertiary alicyclic amines) is 1. The number of halogens is 2. The molecule has 0 unspecified atom stereocenters. The van der Waals surface area contributed by atoms with E-state index < -0.39 is 17.7 Å². The molecule has 33 heavy (non-hydrogen) atoms. The monoisotopic (exact) mass is 454 g/mol. The van der Waals surface area contributed by atoms with Gasteiger partial charge in [-0.05, 0) is 61.8 Å². The van der Waals surface area contributed by atoms with Crippen LogP contribution in [-0.4, -0.2) is 47.0 Å². The predicted octanol–water partition coefficient (Wildman–Crippen LogP) is 3.88. The lowest BCUT2D eigenvalue weighted by Crippen LogP contribution is -2.26. The first-order chi connectivity index (χ1) is 16.0. The van der Waals surface area contributed by atoms with Gasteiger partial charge in [0.2, 0.25) is 0 Å². The highest BCUT2D eigenvalue weighted by molar-refractivity contribution is 5.84. The van der Waals surface area contributed by atoms with Crippen molar-refractivity contribution in [1.82, 2.24) is 14.7 Å². The number of hydrogen-bond donors (Lipinski definition) is 1. The summed E-state index contributed by atoms with van der Waals surface area (Å²) in [6.45, 7) is 3.22. The fourth-order valence-electron chi connectivity index (χ4n) is 3.77. The fraction of sp³-hybridized carbons (Fsp3) is 0.292. The SMILES string of the molecule is O=C(Nc1cccc(Cn2nc(-c3cc(F)cc(F)c3)ccc2=O)c1)OCCN1CCCC1. The molecule has 2 aromatic carbocycles. The molecule has 9 heteroatoms. The molecule has 7 nitrogen and oxygen atoms in total. The molecule has 0 radical (unpaired) electrons. The van der Waals surface area contributed by atoms with Crippen LogP contribution in [0.3, 0.4) is 0 Å². The lowest BCUT2D eigenvalue weighted by atomic mass is 10.1. The van der Waals surface area contributed by atoms with E-state index in [2.05, 4.69) is 15.3 Å². The van der Waals surface area contributed by atoms with Crippen molar-refractivity contribution in [3.63, 3.8) is 0 Å². The second kappa shape index (κ2) is 10.4. The van der Waals surface area contributed by atoms with Gasteiger partial charge >= 0.3 is 6.09 Å². The molecule has 1 aromatic heterocycles. The first-order valence-corrected chi connectivity index (χ1v) is 10.8. The molecule has 3 aromatic rings. The molecule has 0 bridgehead atoms. The Balaban J connectivity index is 1.41. The van der Waals surface area contributed by atoms with E-state index in [-0.39, 0.29) is 23.4 Å². The van der Waals surface area contributed by atoms with E-state index in [0.29, 0.717) is 24.4 Å². The number of carbonyl (C=O) groups excluding carboxylic acids is 1. The number of nitrogens with zero attached hydrogens (tertiary/aromatic N) is 3. The summed E-state index contributed by atoms with van der Waals surface area (Å²) in [6.07, 6.45) is 1.81. The molecule has 4 rings (SSSR count). The highest BCUT2D eigenvalue weighted by atomic mass is 19.1. The Morgan fingerprint density at radius 3 is 2.55 bits per heavy atom. The zero-order chi connectivity index (χ0) is 23.2. The lowest BCUT2D eigenvalue weighted by Gasteiger charge is -2.14. The van der Waals surface area contributed by atoms with Gasteiger partial charge in [0, 0.05) is 29.9 Å². The Morgan fingerprint density at radius 2 is 1.79 bits per heavy atom. The third-order valence-corrected chi connectivity index (χ3v) is 5.37. The van der Waals surface area contributed by atoms with Crippen LogP contribution in [0.4, 0.5) is 19.3 Å². The van der Waals surface area contributed by atoms with Gasteiger partial charge < -0.3 is 4.74 Å². The van der Waals surface area contributed by atoms with Crippen LogP contribution in [0.5, 0.6) is 0 Å². The van der Waals surface area contributed by atoms with E-state index >= 15 is 0 Å². The molecule has 1 fully saturated rings. The van der Waals surface area contributed by atoms with Crippen molar-refractivity contribution in [1.29, 1.82) is 0 Å². The third-order valence-electron chi connectivity index (χ3n) is 5.37. The summed E-state index contributed by atoms with van der Waals surface area (Å²) >= 11 is 0. The number of aromatic nitrogens is 2. The number of benzene rings is 2. The number of anilines is 1. The van der Waals surface area contributed by atoms with Gasteiger partial charge in [0.25, 0.3) is 5.56 Å². The smallest absolute Gasteiger partial charge is 0.411 e. The Labute approximate surface area is 189 Å². The van der Waals surface area contributed by atoms with Crippen molar-refractivity contribution < 1.29 is 18.3 Å². The summed E-state index contributed by atoms with van der Waals surface area (Å²) in [4.78, 5) is 26.6. The quantitative estimate of drug-likeness (QED) is 0.586. The molecule has 1 amide bonds. The van der Waals surface area contributed by atoms with Gasteiger partial charge in [0.15, 0.2) is 0 Å².